The Bertz CT molecular complexity index is 1080. The third-order valence-corrected chi connectivity index (χ3v) is 8.67. The summed E-state index contributed by atoms with van der Waals surface area (Å²) in [6, 6.07) is 4.70. The van der Waals surface area contributed by atoms with Crippen LogP contribution in [0.4, 0.5) is 5.69 Å². The van der Waals surface area contributed by atoms with E-state index in [9.17, 15) is 14.4 Å². The number of nitrogens with zero attached hydrogens (tertiary/aromatic N) is 1. The molecular formula is C28H36ClN3O4. The zero-order chi connectivity index (χ0) is 25.6. The second-order valence-electron chi connectivity index (χ2n) is 11.2. The lowest BCUT2D eigenvalue weighted by Gasteiger charge is -2.34. The summed E-state index contributed by atoms with van der Waals surface area (Å²) in [5.41, 5.74) is 0.369. The van der Waals surface area contributed by atoms with Gasteiger partial charge in [-0.2, -0.15) is 0 Å². The number of hydrogen-bond acceptors (Lipinski definition) is 4. The highest BCUT2D eigenvalue weighted by Gasteiger charge is 2.72. The van der Waals surface area contributed by atoms with E-state index in [-0.39, 0.29) is 23.8 Å². The number of likely N-dealkylation sites (tertiary alicyclic amines) is 1. The van der Waals surface area contributed by atoms with Crippen LogP contribution < -0.4 is 10.6 Å². The van der Waals surface area contributed by atoms with Crippen LogP contribution in [0, 0.1) is 24.7 Å². The summed E-state index contributed by atoms with van der Waals surface area (Å²) in [4.78, 5) is 42.8. The molecule has 1 aromatic carbocycles. The van der Waals surface area contributed by atoms with Gasteiger partial charge in [-0.25, -0.2) is 0 Å². The molecule has 7 nitrogen and oxygen atoms in total. The first-order chi connectivity index (χ1) is 17.2. The van der Waals surface area contributed by atoms with Gasteiger partial charge >= 0.3 is 0 Å². The molecule has 2 bridgehead atoms. The molecule has 4 aliphatic rings. The number of carbonyl (C=O) groups excluding carboxylic acids is 3. The fourth-order valence-corrected chi connectivity index (χ4v) is 6.51. The number of halogens is 1. The molecule has 5 rings (SSSR count). The molecule has 1 aromatic rings. The normalized spacial score (nSPS) is 31.2. The van der Waals surface area contributed by atoms with Gasteiger partial charge in [0, 0.05) is 23.3 Å². The van der Waals surface area contributed by atoms with Gasteiger partial charge in [-0.15, -0.1) is 0 Å². The molecule has 3 aliphatic heterocycles. The minimum Gasteiger partial charge on any atom is -0.359 e. The van der Waals surface area contributed by atoms with E-state index in [1.54, 1.807) is 17.0 Å². The quantitative estimate of drug-likeness (QED) is 0.534. The SMILES string of the molecule is Cc1ccc(NC(=O)C2[C@@H]3C=CC4(O3)C(C(=O)NC3CCCCC3)N(CCC(C)C)C(=O)[C@H]24)cc1Cl. The molecule has 0 radical (unpaired) electrons. The van der Waals surface area contributed by atoms with E-state index in [2.05, 4.69) is 24.5 Å². The highest BCUT2D eigenvalue weighted by molar-refractivity contribution is 6.31. The average Bonchev–Trinajstić information content (AvgIpc) is 3.48. The summed E-state index contributed by atoms with van der Waals surface area (Å²) in [6.07, 6.45) is 9.25. The van der Waals surface area contributed by atoms with E-state index in [1.165, 1.54) is 6.42 Å². The van der Waals surface area contributed by atoms with Gasteiger partial charge in [0.1, 0.15) is 11.6 Å². The van der Waals surface area contributed by atoms with E-state index in [1.807, 2.05) is 25.1 Å². The van der Waals surface area contributed by atoms with Crippen molar-refractivity contribution in [2.24, 2.45) is 17.8 Å². The molecule has 1 aliphatic carbocycles. The van der Waals surface area contributed by atoms with Crippen LogP contribution in [0.2, 0.25) is 5.02 Å². The molecule has 3 amide bonds. The molecule has 0 aromatic heterocycles. The summed E-state index contributed by atoms with van der Waals surface area (Å²) in [7, 11) is 0. The van der Waals surface area contributed by atoms with Crippen LogP contribution >= 0.6 is 11.6 Å². The molecule has 3 heterocycles. The summed E-state index contributed by atoms with van der Waals surface area (Å²) in [6.45, 7) is 6.55. The number of nitrogens with one attached hydrogen (secondary N) is 2. The van der Waals surface area contributed by atoms with Gasteiger partial charge in [0.25, 0.3) is 0 Å². The Morgan fingerprint density at radius 3 is 2.64 bits per heavy atom. The summed E-state index contributed by atoms with van der Waals surface area (Å²) in [5.74, 6) is -1.71. The summed E-state index contributed by atoms with van der Waals surface area (Å²) in [5, 5.41) is 6.72. The van der Waals surface area contributed by atoms with E-state index in [0.29, 0.717) is 23.2 Å². The highest BCUT2D eigenvalue weighted by Crippen LogP contribution is 2.55. The highest BCUT2D eigenvalue weighted by atomic mass is 35.5. The second kappa shape index (κ2) is 9.82. The predicted molar refractivity (Wildman–Crippen MR) is 139 cm³/mol. The van der Waals surface area contributed by atoms with Crippen molar-refractivity contribution in [3.05, 3.63) is 40.9 Å². The molecule has 1 spiro atoms. The maximum atomic E-state index is 13.9. The third kappa shape index (κ3) is 4.34. The van der Waals surface area contributed by atoms with E-state index in [0.717, 1.165) is 37.7 Å². The van der Waals surface area contributed by atoms with Crippen LogP contribution in [-0.4, -0.2) is 53.0 Å². The van der Waals surface area contributed by atoms with Crippen molar-refractivity contribution >= 4 is 35.0 Å². The first-order valence-corrected chi connectivity index (χ1v) is 13.6. The van der Waals surface area contributed by atoms with E-state index >= 15 is 0 Å². The molecule has 5 atom stereocenters. The molecule has 2 N–H and O–H groups in total. The van der Waals surface area contributed by atoms with Gasteiger partial charge in [0.2, 0.25) is 17.7 Å². The molecule has 36 heavy (non-hydrogen) atoms. The van der Waals surface area contributed by atoms with Gasteiger partial charge in [0.15, 0.2) is 0 Å². The number of fused-ring (bicyclic) bond motifs is 1. The number of ether oxygens (including phenoxy) is 1. The van der Waals surface area contributed by atoms with Crippen LogP contribution in [0.3, 0.4) is 0 Å². The van der Waals surface area contributed by atoms with Crippen molar-refractivity contribution in [1.29, 1.82) is 0 Å². The minimum absolute atomic E-state index is 0.122. The van der Waals surface area contributed by atoms with Crippen LogP contribution in [0.1, 0.15) is 57.9 Å². The van der Waals surface area contributed by atoms with Crippen molar-refractivity contribution in [2.75, 3.05) is 11.9 Å². The number of hydrogen-bond donors (Lipinski definition) is 2. The largest absolute Gasteiger partial charge is 0.359 e. The fourth-order valence-electron chi connectivity index (χ4n) is 6.33. The summed E-state index contributed by atoms with van der Waals surface area (Å²) < 4.78 is 6.41. The number of anilines is 1. The Kier molecular flexibility index (Phi) is 6.90. The van der Waals surface area contributed by atoms with E-state index in [4.69, 9.17) is 16.3 Å². The van der Waals surface area contributed by atoms with Gasteiger partial charge in [-0.1, -0.05) is 62.9 Å². The molecule has 8 heteroatoms. The van der Waals surface area contributed by atoms with Gasteiger partial charge < -0.3 is 20.3 Å². The third-order valence-electron chi connectivity index (χ3n) is 8.26. The standard InChI is InChI=1S/C28H36ClN3O4/c1-16(2)12-14-32-24(26(34)30-18-7-5-4-6-8-18)28-13-11-21(36-28)22(23(28)27(32)35)25(33)31-19-10-9-17(3)20(29)15-19/h9-11,13,15-16,18,21-24H,4-8,12,14H2,1-3H3,(H,30,34)(H,31,33)/t21-,22?,23-,24?,28?/m0/s1. The first-order valence-electron chi connectivity index (χ1n) is 13.3. The molecule has 3 fully saturated rings. The Morgan fingerprint density at radius 2 is 1.94 bits per heavy atom. The van der Waals surface area contributed by atoms with Gasteiger partial charge in [0.05, 0.1) is 17.9 Å². The molecular weight excluding hydrogens is 478 g/mol. The average molecular weight is 514 g/mol. The van der Waals surface area contributed by atoms with Crippen molar-refractivity contribution in [2.45, 2.75) is 83.1 Å². The Hall–Kier alpha value is -2.38. The monoisotopic (exact) mass is 513 g/mol. The smallest absolute Gasteiger partial charge is 0.246 e. The number of rotatable bonds is 7. The minimum atomic E-state index is -1.12. The van der Waals surface area contributed by atoms with Crippen molar-refractivity contribution in [3.8, 4) is 0 Å². The van der Waals surface area contributed by atoms with Crippen molar-refractivity contribution in [3.63, 3.8) is 0 Å². The lowest BCUT2D eigenvalue weighted by Crippen LogP contribution is -2.56. The number of aryl methyl sites for hydroxylation is 1. The summed E-state index contributed by atoms with van der Waals surface area (Å²) >= 11 is 6.25. The van der Waals surface area contributed by atoms with Crippen LogP contribution in [0.25, 0.3) is 0 Å². The maximum absolute atomic E-state index is 13.9. The molecule has 1 saturated carbocycles. The second-order valence-corrected chi connectivity index (χ2v) is 11.6. The Morgan fingerprint density at radius 1 is 1.19 bits per heavy atom. The molecule has 3 unspecified atom stereocenters. The first kappa shape index (κ1) is 25.3. The topological polar surface area (TPSA) is 87.7 Å². The Balaban J connectivity index is 1.42. The molecule has 2 saturated heterocycles. The van der Waals surface area contributed by atoms with Crippen LogP contribution in [0.15, 0.2) is 30.4 Å². The molecule has 194 valence electrons. The zero-order valence-corrected chi connectivity index (χ0v) is 22.0. The predicted octanol–water partition coefficient (Wildman–Crippen LogP) is 4.23. The number of benzene rings is 1. The Labute approximate surface area is 218 Å². The lowest BCUT2D eigenvalue weighted by atomic mass is 9.74. The lowest BCUT2D eigenvalue weighted by molar-refractivity contribution is -0.141. The van der Waals surface area contributed by atoms with Crippen LogP contribution in [-0.2, 0) is 19.1 Å². The van der Waals surface area contributed by atoms with Gasteiger partial charge in [-0.05, 0) is 49.8 Å². The van der Waals surface area contributed by atoms with Crippen molar-refractivity contribution < 1.29 is 19.1 Å². The van der Waals surface area contributed by atoms with Crippen molar-refractivity contribution in [1.82, 2.24) is 10.2 Å². The van der Waals surface area contributed by atoms with Gasteiger partial charge in [-0.3, -0.25) is 14.4 Å². The zero-order valence-electron chi connectivity index (χ0n) is 21.3. The van der Waals surface area contributed by atoms with Crippen LogP contribution in [0.5, 0.6) is 0 Å². The number of carbonyl (C=O) groups is 3. The maximum Gasteiger partial charge on any atom is 0.246 e. The number of amides is 3. The fraction of sp³-hybridized carbons (Fsp3) is 0.607. The van der Waals surface area contributed by atoms with E-state index < -0.39 is 29.6 Å².